The summed E-state index contributed by atoms with van der Waals surface area (Å²) in [6.45, 7) is 1.83. The second-order valence-electron chi connectivity index (χ2n) is 4.18. The molecule has 0 radical (unpaired) electrons. The van der Waals surface area contributed by atoms with Gasteiger partial charge in [0.25, 0.3) is 0 Å². The molecule has 0 aliphatic carbocycles. The molecule has 0 amide bonds. The number of methoxy groups -OCH3 is 1. The molecule has 0 aliphatic heterocycles. The number of aryl methyl sites for hydroxylation is 2. The Morgan fingerprint density at radius 1 is 1.28 bits per heavy atom. The average molecular weight is 247 g/mol. The van der Waals surface area contributed by atoms with Gasteiger partial charge in [0.15, 0.2) is 5.82 Å². The molecule has 1 aromatic heterocycles. The van der Waals surface area contributed by atoms with E-state index in [1.165, 1.54) is 5.56 Å². The molecule has 0 spiro atoms. The van der Waals surface area contributed by atoms with Crippen LogP contribution in [0.3, 0.4) is 0 Å². The standard InChI is InChI=1S/C13H17N3O2/c1-9(14)13-15-12(18-16-13)8-5-10-3-6-11(17-2)7-4-10/h3-4,6-7,9H,5,8,14H2,1-2H3. The van der Waals surface area contributed by atoms with Gasteiger partial charge in [-0.05, 0) is 31.0 Å². The van der Waals surface area contributed by atoms with Gasteiger partial charge < -0.3 is 15.0 Å². The predicted octanol–water partition coefficient (Wildman–Crippen LogP) is 1.88. The van der Waals surface area contributed by atoms with Crippen molar-refractivity contribution < 1.29 is 9.26 Å². The third-order valence-electron chi connectivity index (χ3n) is 2.68. The number of aromatic nitrogens is 2. The van der Waals surface area contributed by atoms with Crippen molar-refractivity contribution >= 4 is 0 Å². The quantitative estimate of drug-likeness (QED) is 0.873. The van der Waals surface area contributed by atoms with Gasteiger partial charge >= 0.3 is 0 Å². The zero-order valence-corrected chi connectivity index (χ0v) is 10.6. The van der Waals surface area contributed by atoms with Crippen LogP contribution in [0.4, 0.5) is 0 Å². The Labute approximate surface area is 106 Å². The Bertz CT molecular complexity index is 491. The average Bonchev–Trinajstić information content (AvgIpc) is 2.86. The van der Waals surface area contributed by atoms with E-state index in [9.17, 15) is 0 Å². The Morgan fingerprint density at radius 2 is 2.00 bits per heavy atom. The number of ether oxygens (including phenoxy) is 1. The SMILES string of the molecule is COc1ccc(CCc2nc(C(C)N)no2)cc1. The maximum atomic E-state index is 5.67. The van der Waals surface area contributed by atoms with Crippen LogP contribution in [0, 0.1) is 0 Å². The van der Waals surface area contributed by atoms with Crippen molar-refractivity contribution in [3.05, 3.63) is 41.5 Å². The van der Waals surface area contributed by atoms with Gasteiger partial charge in [-0.2, -0.15) is 4.98 Å². The molecule has 96 valence electrons. The summed E-state index contributed by atoms with van der Waals surface area (Å²) in [7, 11) is 1.66. The maximum absolute atomic E-state index is 5.67. The lowest BCUT2D eigenvalue weighted by Gasteiger charge is -2.01. The summed E-state index contributed by atoms with van der Waals surface area (Å²) in [5, 5.41) is 3.82. The number of nitrogens with two attached hydrogens (primary N) is 1. The summed E-state index contributed by atoms with van der Waals surface area (Å²) in [6.07, 6.45) is 1.57. The van der Waals surface area contributed by atoms with Gasteiger partial charge in [0.2, 0.25) is 5.89 Å². The number of hydrogen-bond acceptors (Lipinski definition) is 5. The summed E-state index contributed by atoms with van der Waals surface area (Å²) in [5.74, 6) is 2.04. The van der Waals surface area contributed by atoms with Gasteiger partial charge in [0, 0.05) is 6.42 Å². The lowest BCUT2D eigenvalue weighted by Crippen LogP contribution is -2.06. The van der Waals surface area contributed by atoms with E-state index < -0.39 is 0 Å². The zero-order chi connectivity index (χ0) is 13.0. The normalized spacial score (nSPS) is 12.4. The van der Waals surface area contributed by atoms with Crippen LogP contribution < -0.4 is 10.5 Å². The highest BCUT2D eigenvalue weighted by Crippen LogP contribution is 2.13. The number of benzene rings is 1. The molecule has 2 rings (SSSR count). The maximum Gasteiger partial charge on any atom is 0.227 e. The van der Waals surface area contributed by atoms with Crippen molar-refractivity contribution in [1.29, 1.82) is 0 Å². The zero-order valence-electron chi connectivity index (χ0n) is 10.6. The second-order valence-corrected chi connectivity index (χ2v) is 4.18. The van der Waals surface area contributed by atoms with E-state index in [1.807, 2.05) is 31.2 Å². The topological polar surface area (TPSA) is 74.2 Å². The molecule has 1 aromatic carbocycles. The van der Waals surface area contributed by atoms with Crippen LogP contribution in [-0.4, -0.2) is 17.3 Å². The third-order valence-corrected chi connectivity index (χ3v) is 2.68. The molecule has 18 heavy (non-hydrogen) atoms. The summed E-state index contributed by atoms with van der Waals surface area (Å²) in [4.78, 5) is 4.23. The van der Waals surface area contributed by atoms with Crippen LogP contribution in [0.1, 0.15) is 30.2 Å². The van der Waals surface area contributed by atoms with Crippen LogP contribution in [0.15, 0.2) is 28.8 Å². The van der Waals surface area contributed by atoms with E-state index >= 15 is 0 Å². The number of rotatable bonds is 5. The minimum atomic E-state index is -0.191. The van der Waals surface area contributed by atoms with Gasteiger partial charge in [0.05, 0.1) is 13.2 Å². The van der Waals surface area contributed by atoms with Crippen LogP contribution in [0.25, 0.3) is 0 Å². The first kappa shape index (κ1) is 12.6. The van der Waals surface area contributed by atoms with Crippen molar-refractivity contribution in [3.63, 3.8) is 0 Å². The molecule has 0 fully saturated rings. The molecule has 0 saturated carbocycles. The van der Waals surface area contributed by atoms with E-state index in [-0.39, 0.29) is 6.04 Å². The first-order chi connectivity index (χ1) is 8.69. The van der Waals surface area contributed by atoms with Gasteiger partial charge in [-0.25, -0.2) is 0 Å². The van der Waals surface area contributed by atoms with Gasteiger partial charge in [-0.15, -0.1) is 0 Å². The highest BCUT2D eigenvalue weighted by atomic mass is 16.5. The Kier molecular flexibility index (Phi) is 3.94. The highest BCUT2D eigenvalue weighted by molar-refractivity contribution is 5.27. The lowest BCUT2D eigenvalue weighted by molar-refractivity contribution is 0.370. The van der Waals surface area contributed by atoms with Gasteiger partial charge in [-0.1, -0.05) is 17.3 Å². The Hall–Kier alpha value is -1.88. The lowest BCUT2D eigenvalue weighted by atomic mass is 10.1. The first-order valence-electron chi connectivity index (χ1n) is 5.90. The Morgan fingerprint density at radius 3 is 2.56 bits per heavy atom. The molecule has 5 nitrogen and oxygen atoms in total. The van der Waals surface area contributed by atoms with Crippen LogP contribution in [0.2, 0.25) is 0 Å². The van der Waals surface area contributed by atoms with Crippen LogP contribution in [-0.2, 0) is 12.8 Å². The van der Waals surface area contributed by atoms with Crippen molar-refractivity contribution in [2.24, 2.45) is 5.73 Å². The molecule has 2 N–H and O–H groups in total. The second kappa shape index (κ2) is 5.64. The third kappa shape index (κ3) is 3.07. The van der Waals surface area contributed by atoms with Gasteiger partial charge in [-0.3, -0.25) is 0 Å². The van der Waals surface area contributed by atoms with E-state index in [0.717, 1.165) is 12.2 Å². The molecule has 0 bridgehead atoms. The minimum absolute atomic E-state index is 0.191. The molecule has 2 aromatic rings. The fraction of sp³-hybridized carbons (Fsp3) is 0.385. The number of hydrogen-bond donors (Lipinski definition) is 1. The van der Waals surface area contributed by atoms with Gasteiger partial charge in [0.1, 0.15) is 5.75 Å². The van der Waals surface area contributed by atoms with Crippen LogP contribution >= 0.6 is 0 Å². The Balaban J connectivity index is 1.93. The van der Waals surface area contributed by atoms with Crippen LogP contribution in [0.5, 0.6) is 5.75 Å². The van der Waals surface area contributed by atoms with E-state index in [0.29, 0.717) is 18.1 Å². The highest BCUT2D eigenvalue weighted by Gasteiger charge is 2.09. The molecule has 5 heteroatoms. The fourth-order valence-electron chi connectivity index (χ4n) is 1.60. The molecule has 1 atom stereocenters. The van der Waals surface area contributed by atoms with Crippen molar-refractivity contribution in [1.82, 2.24) is 10.1 Å². The summed E-state index contributed by atoms with van der Waals surface area (Å²) in [6, 6.07) is 7.75. The first-order valence-corrected chi connectivity index (χ1v) is 5.90. The largest absolute Gasteiger partial charge is 0.497 e. The van der Waals surface area contributed by atoms with Crippen molar-refractivity contribution in [3.8, 4) is 5.75 Å². The predicted molar refractivity (Wildman–Crippen MR) is 67.3 cm³/mol. The fourth-order valence-corrected chi connectivity index (χ4v) is 1.60. The number of nitrogens with zero attached hydrogens (tertiary/aromatic N) is 2. The molecule has 1 unspecified atom stereocenters. The minimum Gasteiger partial charge on any atom is -0.497 e. The van der Waals surface area contributed by atoms with E-state index in [4.69, 9.17) is 15.0 Å². The summed E-state index contributed by atoms with van der Waals surface area (Å²) in [5.41, 5.74) is 6.87. The summed E-state index contributed by atoms with van der Waals surface area (Å²) < 4.78 is 10.2. The van der Waals surface area contributed by atoms with Crippen molar-refractivity contribution in [2.45, 2.75) is 25.8 Å². The molecule has 0 aliphatic rings. The molecule has 1 heterocycles. The van der Waals surface area contributed by atoms with Crippen molar-refractivity contribution in [2.75, 3.05) is 7.11 Å². The summed E-state index contributed by atoms with van der Waals surface area (Å²) >= 11 is 0. The van der Waals surface area contributed by atoms with E-state index in [1.54, 1.807) is 7.11 Å². The van der Waals surface area contributed by atoms with E-state index in [2.05, 4.69) is 10.1 Å². The molecule has 0 saturated heterocycles. The smallest absolute Gasteiger partial charge is 0.227 e. The molecular weight excluding hydrogens is 230 g/mol. The molecular formula is C13H17N3O2. The monoisotopic (exact) mass is 247 g/mol.